The third-order valence-electron chi connectivity index (χ3n) is 5.08. The first-order valence-electron chi connectivity index (χ1n) is 9.72. The Balaban J connectivity index is 1.62. The molecule has 1 atom stereocenters. The molecule has 0 radical (unpaired) electrons. The van der Waals surface area contributed by atoms with E-state index >= 15 is 0 Å². The van der Waals surface area contributed by atoms with Gasteiger partial charge in [-0.05, 0) is 44.0 Å². The minimum atomic E-state index is 0.193. The quantitative estimate of drug-likeness (QED) is 0.557. The number of nitrogens with two attached hydrogens (primary N) is 1. The zero-order chi connectivity index (χ0) is 18.9. The van der Waals surface area contributed by atoms with E-state index in [1.807, 2.05) is 18.2 Å². The molecule has 0 spiro atoms. The Morgan fingerprint density at radius 2 is 1.81 bits per heavy atom. The highest BCUT2D eigenvalue weighted by Gasteiger charge is 2.25. The maximum atomic E-state index is 6.12. The highest BCUT2D eigenvalue weighted by atomic mass is 16.5. The normalized spacial score (nSPS) is 16.3. The molecule has 1 heterocycles. The summed E-state index contributed by atoms with van der Waals surface area (Å²) >= 11 is 0. The molecule has 5 heteroatoms. The van der Waals surface area contributed by atoms with Gasteiger partial charge in [0.25, 0.3) is 0 Å². The third-order valence-corrected chi connectivity index (χ3v) is 5.08. The molecule has 1 saturated heterocycles. The van der Waals surface area contributed by atoms with Crippen molar-refractivity contribution in [3.63, 3.8) is 0 Å². The van der Waals surface area contributed by atoms with E-state index < -0.39 is 0 Å². The Hall–Kier alpha value is -2.53. The first-order chi connectivity index (χ1) is 13.3. The largest absolute Gasteiger partial charge is 0.496 e. The zero-order valence-corrected chi connectivity index (χ0v) is 16.1. The average molecular weight is 367 g/mol. The second-order valence-electron chi connectivity index (χ2n) is 6.89. The molecule has 27 heavy (non-hydrogen) atoms. The van der Waals surface area contributed by atoms with Crippen molar-refractivity contribution in [3.05, 3.63) is 65.7 Å². The summed E-state index contributed by atoms with van der Waals surface area (Å²) in [7, 11) is 1.72. The molecule has 1 aliphatic heterocycles. The van der Waals surface area contributed by atoms with Crippen LogP contribution in [0.5, 0.6) is 5.75 Å². The van der Waals surface area contributed by atoms with E-state index in [1.54, 1.807) is 7.11 Å². The standard InChI is InChI=1S/C22H30N4O/c1-27-21-12-6-5-11-19(21)20(26-15-7-8-16-26)17-25-22(23)24-14-13-18-9-3-2-4-10-18/h2-6,9-12,20H,7-8,13-17H2,1H3,(H3,23,24,25). The van der Waals surface area contributed by atoms with Crippen LogP contribution in [0.1, 0.15) is 30.0 Å². The molecule has 3 N–H and O–H groups in total. The van der Waals surface area contributed by atoms with Gasteiger partial charge in [-0.25, -0.2) is 0 Å². The number of guanidine groups is 1. The number of nitrogens with zero attached hydrogens (tertiary/aromatic N) is 2. The summed E-state index contributed by atoms with van der Waals surface area (Å²) in [5.74, 6) is 1.42. The molecule has 2 aromatic rings. The molecule has 5 nitrogen and oxygen atoms in total. The molecule has 0 aromatic heterocycles. The molecular weight excluding hydrogens is 336 g/mol. The van der Waals surface area contributed by atoms with Gasteiger partial charge >= 0.3 is 0 Å². The highest BCUT2D eigenvalue weighted by Crippen LogP contribution is 2.31. The number of aliphatic imine (C=N–C) groups is 1. The highest BCUT2D eigenvalue weighted by molar-refractivity contribution is 5.77. The van der Waals surface area contributed by atoms with Crippen molar-refractivity contribution in [2.45, 2.75) is 25.3 Å². The first-order valence-corrected chi connectivity index (χ1v) is 9.72. The monoisotopic (exact) mass is 366 g/mol. The van der Waals surface area contributed by atoms with Crippen molar-refractivity contribution < 1.29 is 4.74 Å². The number of methoxy groups -OCH3 is 1. The molecule has 1 aliphatic rings. The van der Waals surface area contributed by atoms with E-state index in [-0.39, 0.29) is 6.04 Å². The zero-order valence-electron chi connectivity index (χ0n) is 16.1. The van der Waals surface area contributed by atoms with E-state index in [4.69, 9.17) is 10.5 Å². The predicted molar refractivity (Wildman–Crippen MR) is 111 cm³/mol. The van der Waals surface area contributed by atoms with E-state index in [0.717, 1.165) is 31.8 Å². The van der Waals surface area contributed by atoms with Crippen molar-refractivity contribution in [2.24, 2.45) is 10.7 Å². The fourth-order valence-electron chi connectivity index (χ4n) is 3.63. The van der Waals surface area contributed by atoms with Crippen LogP contribution in [-0.4, -0.2) is 44.1 Å². The number of hydrogen-bond acceptors (Lipinski definition) is 3. The van der Waals surface area contributed by atoms with Crippen LogP contribution in [0.4, 0.5) is 0 Å². The van der Waals surface area contributed by atoms with Gasteiger partial charge in [-0.1, -0.05) is 48.5 Å². The molecule has 2 aromatic carbocycles. The second kappa shape index (κ2) is 9.97. The molecule has 1 unspecified atom stereocenters. The number of hydrogen-bond donors (Lipinski definition) is 2. The number of benzene rings is 2. The van der Waals surface area contributed by atoms with Crippen molar-refractivity contribution in [2.75, 3.05) is 33.3 Å². The van der Waals surface area contributed by atoms with E-state index in [0.29, 0.717) is 12.5 Å². The maximum absolute atomic E-state index is 6.12. The van der Waals surface area contributed by atoms with E-state index in [1.165, 1.54) is 24.0 Å². The maximum Gasteiger partial charge on any atom is 0.188 e. The summed E-state index contributed by atoms with van der Waals surface area (Å²) in [5, 5.41) is 3.24. The Bertz CT molecular complexity index is 726. The summed E-state index contributed by atoms with van der Waals surface area (Å²) in [6.07, 6.45) is 3.40. The minimum absolute atomic E-state index is 0.193. The molecular formula is C22H30N4O. The number of nitrogens with one attached hydrogen (secondary N) is 1. The van der Waals surface area contributed by atoms with Crippen LogP contribution in [0.2, 0.25) is 0 Å². The van der Waals surface area contributed by atoms with E-state index in [2.05, 4.69) is 51.6 Å². The van der Waals surface area contributed by atoms with Gasteiger partial charge in [-0.3, -0.25) is 9.89 Å². The van der Waals surface area contributed by atoms with Crippen LogP contribution in [0.3, 0.4) is 0 Å². The van der Waals surface area contributed by atoms with Gasteiger partial charge in [0.15, 0.2) is 5.96 Å². The first kappa shape index (κ1) is 19.2. The lowest BCUT2D eigenvalue weighted by atomic mass is 10.0. The van der Waals surface area contributed by atoms with Crippen LogP contribution in [0.25, 0.3) is 0 Å². The lowest BCUT2D eigenvalue weighted by molar-refractivity contribution is 0.245. The predicted octanol–water partition coefficient (Wildman–Crippen LogP) is 2.98. The molecule has 0 aliphatic carbocycles. The van der Waals surface area contributed by atoms with Gasteiger partial charge in [0.1, 0.15) is 5.75 Å². The molecule has 0 amide bonds. The fourth-order valence-corrected chi connectivity index (χ4v) is 3.63. The molecule has 0 bridgehead atoms. The Morgan fingerprint density at radius 3 is 2.56 bits per heavy atom. The Kier molecular flexibility index (Phi) is 7.11. The number of ether oxygens (including phenoxy) is 1. The van der Waals surface area contributed by atoms with Crippen LogP contribution in [0.15, 0.2) is 59.6 Å². The second-order valence-corrected chi connectivity index (χ2v) is 6.89. The van der Waals surface area contributed by atoms with Gasteiger partial charge in [0, 0.05) is 12.1 Å². The van der Waals surface area contributed by atoms with Crippen molar-refractivity contribution in [1.82, 2.24) is 10.2 Å². The van der Waals surface area contributed by atoms with Crippen LogP contribution in [0, 0.1) is 0 Å². The van der Waals surface area contributed by atoms with Crippen LogP contribution < -0.4 is 15.8 Å². The smallest absolute Gasteiger partial charge is 0.188 e. The molecule has 144 valence electrons. The van der Waals surface area contributed by atoms with Gasteiger partial charge in [0.05, 0.1) is 19.7 Å². The third kappa shape index (κ3) is 5.47. The lowest BCUT2D eigenvalue weighted by Crippen LogP contribution is -2.35. The van der Waals surface area contributed by atoms with E-state index in [9.17, 15) is 0 Å². The van der Waals surface area contributed by atoms with Gasteiger partial charge in [0.2, 0.25) is 0 Å². The summed E-state index contributed by atoms with van der Waals surface area (Å²) in [6.45, 7) is 3.60. The average Bonchev–Trinajstić information content (AvgIpc) is 3.24. The summed E-state index contributed by atoms with van der Waals surface area (Å²) in [6, 6.07) is 18.8. The van der Waals surface area contributed by atoms with Crippen LogP contribution >= 0.6 is 0 Å². The summed E-state index contributed by atoms with van der Waals surface area (Å²) in [5.41, 5.74) is 8.60. The SMILES string of the molecule is COc1ccccc1C(CN=C(N)NCCc1ccccc1)N1CCCC1. The van der Waals surface area contributed by atoms with Gasteiger partial charge in [-0.15, -0.1) is 0 Å². The molecule has 1 fully saturated rings. The van der Waals surface area contributed by atoms with Crippen molar-refractivity contribution in [3.8, 4) is 5.75 Å². The summed E-state index contributed by atoms with van der Waals surface area (Å²) in [4.78, 5) is 7.12. The van der Waals surface area contributed by atoms with Crippen LogP contribution in [-0.2, 0) is 6.42 Å². The molecule has 0 saturated carbocycles. The number of rotatable bonds is 8. The topological polar surface area (TPSA) is 62.9 Å². The lowest BCUT2D eigenvalue weighted by Gasteiger charge is -2.28. The van der Waals surface area contributed by atoms with Crippen molar-refractivity contribution in [1.29, 1.82) is 0 Å². The van der Waals surface area contributed by atoms with Gasteiger partial charge < -0.3 is 15.8 Å². The number of para-hydroxylation sites is 1. The van der Waals surface area contributed by atoms with Crippen molar-refractivity contribution >= 4 is 5.96 Å². The summed E-state index contributed by atoms with van der Waals surface area (Å²) < 4.78 is 5.58. The minimum Gasteiger partial charge on any atom is -0.496 e. The molecule has 3 rings (SSSR count). The number of likely N-dealkylation sites (tertiary alicyclic amines) is 1. The fraction of sp³-hybridized carbons (Fsp3) is 0.409. The Morgan fingerprint density at radius 1 is 1.11 bits per heavy atom. The Labute approximate surface area is 162 Å². The van der Waals surface area contributed by atoms with Gasteiger partial charge in [-0.2, -0.15) is 0 Å².